The number of aromatic nitrogens is 1. The Labute approximate surface area is 109 Å². The first-order valence-electron chi connectivity index (χ1n) is 5.43. The van der Waals surface area contributed by atoms with E-state index in [0.717, 1.165) is 18.6 Å². The molecule has 4 nitrogen and oxygen atoms in total. The van der Waals surface area contributed by atoms with Crippen LogP contribution in [0.5, 0.6) is 11.6 Å². The predicted octanol–water partition coefficient (Wildman–Crippen LogP) is 2.33. The summed E-state index contributed by atoms with van der Waals surface area (Å²) in [5.41, 5.74) is 0. The van der Waals surface area contributed by atoms with Crippen LogP contribution in [0.2, 0.25) is 0 Å². The summed E-state index contributed by atoms with van der Waals surface area (Å²) in [7, 11) is 0. The molecule has 1 N–H and O–H groups in total. The molecule has 0 spiro atoms. The molecule has 88 valence electrons. The van der Waals surface area contributed by atoms with E-state index >= 15 is 0 Å². The minimum atomic E-state index is 0.303. The zero-order valence-electron chi connectivity index (χ0n) is 9.15. The molecule has 16 heavy (non-hydrogen) atoms. The van der Waals surface area contributed by atoms with Crippen LogP contribution in [-0.4, -0.2) is 23.7 Å². The molecule has 5 heteroatoms. The minimum Gasteiger partial charge on any atom is -0.492 e. The molecule has 0 radical (unpaired) electrons. The number of nitrogens with one attached hydrogen (secondary N) is 1. The molecule has 1 saturated carbocycles. The number of nitrogens with zero attached hydrogens (tertiary/aromatic N) is 1. The standard InChI is InChI=1S/C11H15IN2O2/c1-2-15-9-3-4-11(13-7-9)16-10-5-8(6-10)14-12/h3-4,7-8,10,14H,2,5-6H2,1H3/t8-,10+. The summed E-state index contributed by atoms with van der Waals surface area (Å²) in [6.45, 7) is 2.61. The molecule has 1 heterocycles. The third-order valence-electron chi connectivity index (χ3n) is 2.56. The normalized spacial score (nSPS) is 23.6. The van der Waals surface area contributed by atoms with Gasteiger partial charge in [-0.2, -0.15) is 0 Å². The molecule has 1 aromatic rings. The monoisotopic (exact) mass is 334 g/mol. The van der Waals surface area contributed by atoms with Gasteiger partial charge in [0.05, 0.1) is 12.8 Å². The smallest absolute Gasteiger partial charge is 0.213 e. The van der Waals surface area contributed by atoms with Gasteiger partial charge in [0.25, 0.3) is 0 Å². The first-order chi connectivity index (χ1) is 7.81. The largest absolute Gasteiger partial charge is 0.492 e. The number of hydrogen-bond acceptors (Lipinski definition) is 4. The molecule has 0 amide bonds. The van der Waals surface area contributed by atoms with Crippen molar-refractivity contribution in [1.29, 1.82) is 0 Å². The van der Waals surface area contributed by atoms with E-state index in [4.69, 9.17) is 9.47 Å². The average Bonchev–Trinajstić information content (AvgIpc) is 2.25. The van der Waals surface area contributed by atoms with E-state index in [0.29, 0.717) is 24.6 Å². The fourth-order valence-corrected chi connectivity index (χ4v) is 2.12. The van der Waals surface area contributed by atoms with Crippen molar-refractivity contribution in [3.05, 3.63) is 18.3 Å². The molecule has 0 aromatic carbocycles. The summed E-state index contributed by atoms with van der Waals surface area (Å²) in [6.07, 6.45) is 4.11. The molecule has 1 aliphatic rings. The Balaban J connectivity index is 1.82. The van der Waals surface area contributed by atoms with Crippen molar-refractivity contribution in [3.63, 3.8) is 0 Å². The number of halogens is 1. The second-order valence-corrected chi connectivity index (χ2v) is 4.41. The van der Waals surface area contributed by atoms with Crippen LogP contribution in [0.4, 0.5) is 0 Å². The first-order valence-corrected chi connectivity index (χ1v) is 6.51. The van der Waals surface area contributed by atoms with Gasteiger partial charge in [0.1, 0.15) is 11.9 Å². The van der Waals surface area contributed by atoms with Crippen molar-refractivity contribution >= 4 is 22.9 Å². The van der Waals surface area contributed by atoms with Crippen LogP contribution in [0.1, 0.15) is 19.8 Å². The van der Waals surface area contributed by atoms with E-state index in [2.05, 4.69) is 31.4 Å². The molecule has 1 fully saturated rings. The van der Waals surface area contributed by atoms with Gasteiger partial charge in [-0.15, -0.1) is 0 Å². The van der Waals surface area contributed by atoms with Crippen molar-refractivity contribution in [3.8, 4) is 11.6 Å². The molecular formula is C11H15IN2O2. The van der Waals surface area contributed by atoms with E-state index in [9.17, 15) is 0 Å². The highest BCUT2D eigenvalue weighted by atomic mass is 127. The number of pyridine rings is 1. The van der Waals surface area contributed by atoms with Crippen molar-refractivity contribution in [2.75, 3.05) is 6.61 Å². The van der Waals surface area contributed by atoms with Gasteiger partial charge in [-0.25, -0.2) is 4.98 Å². The second kappa shape index (κ2) is 5.67. The molecule has 2 rings (SSSR count). The lowest BCUT2D eigenvalue weighted by Crippen LogP contribution is -2.43. The Morgan fingerprint density at radius 2 is 2.31 bits per heavy atom. The maximum absolute atomic E-state index is 5.71. The van der Waals surface area contributed by atoms with E-state index < -0.39 is 0 Å². The first kappa shape index (κ1) is 11.9. The van der Waals surface area contributed by atoms with E-state index in [1.54, 1.807) is 6.20 Å². The third kappa shape index (κ3) is 2.98. The minimum absolute atomic E-state index is 0.303. The highest BCUT2D eigenvalue weighted by Crippen LogP contribution is 2.26. The molecule has 0 aliphatic heterocycles. The highest BCUT2D eigenvalue weighted by molar-refractivity contribution is 14.1. The molecule has 0 unspecified atom stereocenters. The Hall–Kier alpha value is -0.560. The summed E-state index contributed by atoms with van der Waals surface area (Å²) in [4.78, 5) is 4.20. The van der Waals surface area contributed by atoms with Gasteiger partial charge < -0.3 is 9.47 Å². The lowest BCUT2D eigenvalue weighted by atomic mass is 9.90. The lowest BCUT2D eigenvalue weighted by molar-refractivity contribution is 0.0923. The maximum atomic E-state index is 5.71. The Morgan fingerprint density at radius 3 is 2.88 bits per heavy atom. The van der Waals surface area contributed by atoms with Crippen molar-refractivity contribution in [1.82, 2.24) is 8.51 Å². The summed E-state index contributed by atoms with van der Waals surface area (Å²) >= 11 is 2.18. The van der Waals surface area contributed by atoms with Crippen LogP contribution < -0.4 is 13.0 Å². The van der Waals surface area contributed by atoms with Crippen LogP contribution in [-0.2, 0) is 0 Å². The summed E-state index contributed by atoms with van der Waals surface area (Å²) in [5.74, 6) is 1.47. The Bertz CT molecular complexity index is 325. The van der Waals surface area contributed by atoms with Crippen LogP contribution in [0.15, 0.2) is 18.3 Å². The molecule has 1 aromatic heterocycles. The van der Waals surface area contributed by atoms with Crippen molar-refractivity contribution < 1.29 is 9.47 Å². The SMILES string of the molecule is CCOc1ccc(O[C@H]2C[C@@H](NI)C2)nc1. The topological polar surface area (TPSA) is 43.4 Å². The Kier molecular flexibility index (Phi) is 4.22. The summed E-state index contributed by atoms with van der Waals surface area (Å²) < 4.78 is 14.2. The van der Waals surface area contributed by atoms with Crippen LogP contribution in [0.3, 0.4) is 0 Å². The molecule has 0 atom stereocenters. The quantitative estimate of drug-likeness (QED) is 0.663. The zero-order valence-corrected chi connectivity index (χ0v) is 11.3. The predicted molar refractivity (Wildman–Crippen MR) is 70.0 cm³/mol. The van der Waals surface area contributed by atoms with Gasteiger partial charge in [0.2, 0.25) is 5.88 Å². The molecule has 0 saturated heterocycles. The average molecular weight is 334 g/mol. The van der Waals surface area contributed by atoms with E-state index in [1.165, 1.54) is 0 Å². The molecule has 1 aliphatic carbocycles. The third-order valence-corrected chi connectivity index (χ3v) is 3.44. The number of hydrogen-bond donors (Lipinski definition) is 1. The van der Waals surface area contributed by atoms with Gasteiger partial charge in [-0.3, -0.25) is 3.53 Å². The van der Waals surface area contributed by atoms with Crippen LogP contribution in [0.25, 0.3) is 0 Å². The number of rotatable bonds is 5. The lowest BCUT2D eigenvalue weighted by Gasteiger charge is -2.33. The van der Waals surface area contributed by atoms with Gasteiger partial charge >= 0.3 is 0 Å². The summed E-state index contributed by atoms with van der Waals surface area (Å²) in [5, 5.41) is 0. The van der Waals surface area contributed by atoms with Gasteiger partial charge in [-0.1, -0.05) is 0 Å². The molecular weight excluding hydrogens is 319 g/mol. The van der Waals surface area contributed by atoms with Crippen LogP contribution in [0, 0.1) is 0 Å². The fourth-order valence-electron chi connectivity index (χ4n) is 1.61. The van der Waals surface area contributed by atoms with E-state index in [1.807, 2.05) is 19.1 Å². The van der Waals surface area contributed by atoms with Crippen molar-refractivity contribution in [2.24, 2.45) is 0 Å². The van der Waals surface area contributed by atoms with E-state index in [-0.39, 0.29) is 0 Å². The number of ether oxygens (including phenoxy) is 2. The molecule has 0 bridgehead atoms. The van der Waals surface area contributed by atoms with Crippen molar-refractivity contribution in [2.45, 2.75) is 31.9 Å². The Morgan fingerprint density at radius 1 is 1.50 bits per heavy atom. The maximum Gasteiger partial charge on any atom is 0.213 e. The van der Waals surface area contributed by atoms with Gasteiger partial charge in [-0.05, 0) is 13.0 Å². The summed E-state index contributed by atoms with van der Waals surface area (Å²) in [6, 6.07) is 4.34. The zero-order chi connectivity index (χ0) is 11.4. The second-order valence-electron chi connectivity index (χ2n) is 3.78. The highest BCUT2D eigenvalue weighted by Gasteiger charge is 2.30. The van der Waals surface area contributed by atoms with Gasteiger partial charge in [0.15, 0.2) is 0 Å². The van der Waals surface area contributed by atoms with Crippen LogP contribution >= 0.6 is 22.9 Å². The van der Waals surface area contributed by atoms with Gasteiger partial charge in [0, 0.05) is 47.8 Å². The fraction of sp³-hybridized carbons (Fsp3) is 0.545.